The highest BCUT2D eigenvalue weighted by Crippen LogP contribution is 2.31. The number of hydrogen-bond acceptors (Lipinski definition) is 2. The van der Waals surface area contributed by atoms with Gasteiger partial charge in [-0.1, -0.05) is 73.1 Å². The lowest BCUT2D eigenvalue weighted by Gasteiger charge is -2.21. The van der Waals surface area contributed by atoms with Gasteiger partial charge in [-0.15, -0.1) is 0 Å². The summed E-state index contributed by atoms with van der Waals surface area (Å²) in [7, 11) is 4.48. The van der Waals surface area contributed by atoms with E-state index < -0.39 is 0 Å². The minimum atomic E-state index is 0. The number of likely N-dealkylation sites (N-methyl/N-ethyl adjacent to an activating group) is 1. The molecule has 0 N–H and O–H groups in total. The topological polar surface area (TPSA) is 6.48 Å². The van der Waals surface area contributed by atoms with E-state index in [1.165, 1.54) is 58.0 Å². The molecular formula is C25H52BN2. The maximum atomic E-state index is 2.50. The van der Waals surface area contributed by atoms with Crippen molar-refractivity contribution in [2.24, 2.45) is 0 Å². The first kappa shape index (κ1) is 32.1. The Bertz CT molecular complexity index is 390. The molecule has 3 aliphatic rings. The second kappa shape index (κ2) is 21.2. The molecule has 0 amide bonds. The maximum Gasteiger partial charge on any atom is 0.0311 e. The minimum Gasteiger partial charge on any atom is -0.303 e. The second-order valence-electron chi connectivity index (χ2n) is 6.92. The summed E-state index contributed by atoms with van der Waals surface area (Å²) in [5.41, 5.74) is 3.26. The molecule has 3 rings (SSSR count). The molecule has 2 saturated heterocycles. The van der Waals surface area contributed by atoms with E-state index in [-0.39, 0.29) is 8.41 Å². The molecule has 165 valence electrons. The molecule has 28 heavy (non-hydrogen) atoms. The maximum absolute atomic E-state index is 2.50. The average Bonchev–Trinajstić information content (AvgIpc) is 3.47. The van der Waals surface area contributed by atoms with Crippen molar-refractivity contribution in [2.45, 2.75) is 112 Å². The standard InChI is InChI=1S/C12H19N.C7H15N.3C2H6.B/c1-3-10-6-7-11(9-10)12-5-4-8-13(12)2;1-3-7-5-4-6-8(7)2;3*1-2;/h6-7,12H,3-5,8-9H2,1-2H3;7H,3-6H2,1-2H3;3*1-2H3;. The number of hydrogen-bond donors (Lipinski definition) is 0. The third-order valence-electron chi connectivity index (χ3n) is 5.51. The molecule has 2 nitrogen and oxygen atoms in total. The third-order valence-corrected chi connectivity index (χ3v) is 5.51. The second-order valence-corrected chi connectivity index (χ2v) is 6.92. The van der Waals surface area contributed by atoms with Crippen LogP contribution in [0.25, 0.3) is 0 Å². The zero-order chi connectivity index (χ0) is 21.2. The van der Waals surface area contributed by atoms with Crippen LogP contribution in [0.4, 0.5) is 0 Å². The average molecular weight is 392 g/mol. The Morgan fingerprint density at radius 1 is 0.821 bits per heavy atom. The van der Waals surface area contributed by atoms with Crippen LogP contribution in [0.2, 0.25) is 0 Å². The molecule has 0 aromatic heterocycles. The van der Waals surface area contributed by atoms with Crippen molar-refractivity contribution in [1.29, 1.82) is 0 Å². The van der Waals surface area contributed by atoms with Gasteiger partial charge in [0.25, 0.3) is 0 Å². The normalized spacial score (nSPS) is 23.2. The number of likely N-dealkylation sites (tertiary alicyclic amines) is 2. The van der Waals surface area contributed by atoms with Crippen molar-refractivity contribution in [3.63, 3.8) is 0 Å². The molecule has 3 radical (unpaired) electrons. The largest absolute Gasteiger partial charge is 0.303 e. The van der Waals surface area contributed by atoms with Crippen LogP contribution in [0.3, 0.4) is 0 Å². The molecule has 0 bridgehead atoms. The summed E-state index contributed by atoms with van der Waals surface area (Å²) in [4.78, 5) is 4.96. The lowest BCUT2D eigenvalue weighted by molar-refractivity contribution is 0.304. The molecule has 0 spiro atoms. The summed E-state index contributed by atoms with van der Waals surface area (Å²) < 4.78 is 0. The van der Waals surface area contributed by atoms with Crippen molar-refractivity contribution < 1.29 is 0 Å². The van der Waals surface area contributed by atoms with Crippen LogP contribution in [-0.2, 0) is 0 Å². The molecular weight excluding hydrogens is 339 g/mol. The lowest BCUT2D eigenvalue weighted by Crippen LogP contribution is -2.26. The van der Waals surface area contributed by atoms with Gasteiger partial charge in [0, 0.05) is 20.5 Å². The molecule has 1 aliphatic carbocycles. The number of nitrogens with zero attached hydrogens (tertiary/aromatic N) is 2. The van der Waals surface area contributed by atoms with Gasteiger partial charge in [-0.3, -0.25) is 4.90 Å². The molecule has 2 fully saturated rings. The monoisotopic (exact) mass is 391 g/mol. The smallest absolute Gasteiger partial charge is 0.0311 e. The lowest BCUT2D eigenvalue weighted by atomic mass is 10.0. The molecule has 2 heterocycles. The summed E-state index contributed by atoms with van der Waals surface area (Å²) in [5.74, 6) is 0. The summed E-state index contributed by atoms with van der Waals surface area (Å²) in [6.07, 6.45) is 14.0. The summed E-state index contributed by atoms with van der Waals surface area (Å²) in [5, 5.41) is 0. The fourth-order valence-corrected chi connectivity index (χ4v) is 3.95. The zero-order valence-corrected chi connectivity index (χ0v) is 21.1. The van der Waals surface area contributed by atoms with Crippen molar-refractivity contribution in [2.75, 3.05) is 27.2 Å². The summed E-state index contributed by atoms with van der Waals surface area (Å²) in [6, 6.07) is 1.65. The van der Waals surface area contributed by atoms with Gasteiger partial charge in [0.2, 0.25) is 0 Å². The fourth-order valence-electron chi connectivity index (χ4n) is 3.95. The minimum absolute atomic E-state index is 0. The SMILES string of the molecule is CC.CC.CC.CCC1=CC=C(C2CCCN2C)C1.CCC1CCCN1C.[B]. The Labute approximate surface area is 181 Å². The van der Waals surface area contributed by atoms with Crippen molar-refractivity contribution >= 4 is 8.41 Å². The molecule has 2 aliphatic heterocycles. The van der Waals surface area contributed by atoms with Crippen LogP contribution in [-0.4, -0.2) is 57.5 Å². The fraction of sp³-hybridized carbons (Fsp3) is 0.840. The van der Waals surface area contributed by atoms with Gasteiger partial charge in [-0.25, -0.2) is 0 Å². The van der Waals surface area contributed by atoms with Gasteiger partial charge in [-0.2, -0.15) is 0 Å². The highest BCUT2D eigenvalue weighted by atomic mass is 15.1. The summed E-state index contributed by atoms with van der Waals surface area (Å²) in [6.45, 7) is 19.1. The van der Waals surface area contributed by atoms with Crippen LogP contribution < -0.4 is 0 Å². The Morgan fingerprint density at radius 3 is 1.68 bits per heavy atom. The van der Waals surface area contributed by atoms with Crippen LogP contribution in [0, 0.1) is 0 Å². The van der Waals surface area contributed by atoms with Gasteiger partial charge in [0.15, 0.2) is 0 Å². The van der Waals surface area contributed by atoms with Gasteiger partial charge in [0.1, 0.15) is 0 Å². The molecule has 2 unspecified atom stereocenters. The van der Waals surface area contributed by atoms with Crippen LogP contribution in [0.5, 0.6) is 0 Å². The first-order valence-corrected chi connectivity index (χ1v) is 11.9. The van der Waals surface area contributed by atoms with Gasteiger partial charge >= 0.3 is 0 Å². The highest BCUT2D eigenvalue weighted by Gasteiger charge is 2.25. The quantitative estimate of drug-likeness (QED) is 0.481. The Kier molecular flexibility index (Phi) is 24.3. The van der Waals surface area contributed by atoms with E-state index >= 15 is 0 Å². The van der Waals surface area contributed by atoms with Gasteiger partial charge in [-0.05, 0) is 77.7 Å². The molecule has 2 atom stereocenters. The predicted octanol–water partition coefficient (Wildman–Crippen LogP) is 6.94. The van der Waals surface area contributed by atoms with E-state index in [1.807, 2.05) is 41.5 Å². The Morgan fingerprint density at radius 2 is 1.36 bits per heavy atom. The van der Waals surface area contributed by atoms with E-state index in [9.17, 15) is 0 Å². The Balaban J connectivity index is -0.000000362. The number of allylic oxidation sites excluding steroid dienone is 3. The van der Waals surface area contributed by atoms with E-state index in [0.717, 1.165) is 12.1 Å². The molecule has 0 aromatic carbocycles. The first-order chi connectivity index (χ1) is 13.2. The van der Waals surface area contributed by atoms with E-state index in [0.29, 0.717) is 0 Å². The highest BCUT2D eigenvalue weighted by molar-refractivity contribution is 5.75. The molecule has 0 aromatic rings. The summed E-state index contributed by atoms with van der Waals surface area (Å²) >= 11 is 0. The van der Waals surface area contributed by atoms with Crippen molar-refractivity contribution in [3.8, 4) is 0 Å². The molecule has 3 heteroatoms. The predicted molar refractivity (Wildman–Crippen MR) is 132 cm³/mol. The Hall–Kier alpha value is -0.535. The van der Waals surface area contributed by atoms with Gasteiger partial charge in [0.05, 0.1) is 0 Å². The molecule has 0 saturated carbocycles. The first-order valence-electron chi connectivity index (χ1n) is 11.9. The zero-order valence-electron chi connectivity index (χ0n) is 21.1. The van der Waals surface area contributed by atoms with Crippen molar-refractivity contribution in [1.82, 2.24) is 9.80 Å². The van der Waals surface area contributed by atoms with Crippen LogP contribution in [0.15, 0.2) is 23.3 Å². The van der Waals surface area contributed by atoms with Crippen LogP contribution in [0.1, 0.15) is 100 Å². The van der Waals surface area contributed by atoms with E-state index in [4.69, 9.17) is 0 Å². The van der Waals surface area contributed by atoms with Gasteiger partial charge < -0.3 is 4.90 Å². The number of rotatable bonds is 3. The van der Waals surface area contributed by atoms with Crippen molar-refractivity contribution in [3.05, 3.63) is 23.3 Å². The van der Waals surface area contributed by atoms with E-state index in [2.05, 4.69) is 49.9 Å². The van der Waals surface area contributed by atoms with Crippen LogP contribution >= 0.6 is 0 Å². The van der Waals surface area contributed by atoms with E-state index in [1.54, 1.807) is 11.1 Å². The third kappa shape index (κ3) is 11.5.